The van der Waals surface area contributed by atoms with Crippen molar-refractivity contribution in [2.75, 3.05) is 25.7 Å². The number of rotatable bonds is 3. The first-order valence-corrected chi connectivity index (χ1v) is 5.53. The van der Waals surface area contributed by atoms with Crippen molar-refractivity contribution in [2.45, 2.75) is 0 Å². The van der Waals surface area contributed by atoms with Gasteiger partial charge in [0.2, 0.25) is 0 Å². The van der Waals surface area contributed by atoms with Gasteiger partial charge in [-0.25, -0.2) is 0 Å². The molecule has 4 N–H and O–H groups in total. The van der Waals surface area contributed by atoms with E-state index in [1.54, 1.807) is 26.4 Å². The molecule has 2 aromatic carbocycles. The minimum absolute atomic E-state index is 0.660. The molecule has 0 unspecified atom stereocenters. The summed E-state index contributed by atoms with van der Waals surface area (Å²) in [6.45, 7) is 0. The molecule has 94 valence electrons. The van der Waals surface area contributed by atoms with Gasteiger partial charge in [-0.15, -0.1) is 0 Å². The van der Waals surface area contributed by atoms with Gasteiger partial charge in [0, 0.05) is 28.6 Å². The maximum atomic E-state index is 5.97. The molecule has 4 nitrogen and oxygen atoms in total. The highest BCUT2D eigenvalue weighted by atomic mass is 16.5. The summed E-state index contributed by atoms with van der Waals surface area (Å²) in [6.07, 6.45) is 0. The molecule has 0 spiro atoms. The number of methoxy groups -OCH3 is 2. The molecule has 18 heavy (non-hydrogen) atoms. The topological polar surface area (TPSA) is 70.5 Å². The summed E-state index contributed by atoms with van der Waals surface area (Å²) in [4.78, 5) is 0. The number of anilines is 2. The number of nitrogen functional groups attached to an aromatic ring is 2. The lowest BCUT2D eigenvalue weighted by Gasteiger charge is -2.12. The molecule has 2 rings (SSSR count). The standard InChI is InChI=1S/C14H16N2O2/c1-17-10-4-5-11(14(8-10)18-2)12-7-9(15)3-6-13(12)16/h3-8H,15-16H2,1-2H3. The molecule has 0 atom stereocenters. The van der Waals surface area contributed by atoms with Crippen LogP contribution >= 0.6 is 0 Å². The lowest BCUT2D eigenvalue weighted by Crippen LogP contribution is -1.95. The summed E-state index contributed by atoms with van der Waals surface area (Å²) in [5, 5.41) is 0. The predicted molar refractivity (Wildman–Crippen MR) is 73.8 cm³/mol. The number of benzene rings is 2. The molecule has 0 radical (unpaired) electrons. The van der Waals surface area contributed by atoms with Crippen LogP contribution in [0, 0.1) is 0 Å². The molecule has 0 aromatic heterocycles. The van der Waals surface area contributed by atoms with Crippen molar-refractivity contribution < 1.29 is 9.47 Å². The van der Waals surface area contributed by atoms with Gasteiger partial charge in [-0.05, 0) is 30.3 Å². The van der Waals surface area contributed by atoms with Gasteiger partial charge >= 0.3 is 0 Å². The normalized spacial score (nSPS) is 10.1. The minimum atomic E-state index is 0.660. The highest BCUT2D eigenvalue weighted by molar-refractivity contribution is 5.83. The molecular weight excluding hydrogens is 228 g/mol. The SMILES string of the molecule is COc1ccc(-c2cc(N)ccc2N)c(OC)c1. The fourth-order valence-electron chi connectivity index (χ4n) is 1.83. The average Bonchev–Trinajstić information content (AvgIpc) is 2.41. The molecule has 0 aliphatic rings. The third kappa shape index (κ3) is 2.18. The number of ether oxygens (including phenoxy) is 2. The van der Waals surface area contributed by atoms with Crippen LogP contribution in [0.1, 0.15) is 0 Å². The van der Waals surface area contributed by atoms with Crippen molar-refractivity contribution in [1.82, 2.24) is 0 Å². The summed E-state index contributed by atoms with van der Waals surface area (Å²) in [5.41, 5.74) is 14.8. The summed E-state index contributed by atoms with van der Waals surface area (Å²) in [7, 11) is 3.23. The van der Waals surface area contributed by atoms with E-state index in [9.17, 15) is 0 Å². The van der Waals surface area contributed by atoms with E-state index in [2.05, 4.69) is 0 Å². The first-order chi connectivity index (χ1) is 8.65. The summed E-state index contributed by atoms with van der Waals surface area (Å²) < 4.78 is 10.5. The fourth-order valence-corrected chi connectivity index (χ4v) is 1.83. The van der Waals surface area contributed by atoms with E-state index in [1.807, 2.05) is 24.3 Å². The lowest BCUT2D eigenvalue weighted by molar-refractivity contribution is 0.395. The van der Waals surface area contributed by atoms with Crippen LogP contribution in [0.4, 0.5) is 11.4 Å². The van der Waals surface area contributed by atoms with E-state index in [4.69, 9.17) is 20.9 Å². The van der Waals surface area contributed by atoms with Crippen LogP contribution in [0.15, 0.2) is 36.4 Å². The molecule has 0 heterocycles. The van der Waals surface area contributed by atoms with E-state index in [1.165, 1.54) is 0 Å². The van der Waals surface area contributed by atoms with Crippen LogP contribution in [0.5, 0.6) is 11.5 Å². The molecule has 0 saturated carbocycles. The van der Waals surface area contributed by atoms with Gasteiger partial charge in [-0.3, -0.25) is 0 Å². The Balaban J connectivity index is 2.59. The second kappa shape index (κ2) is 4.87. The zero-order valence-electron chi connectivity index (χ0n) is 10.4. The van der Waals surface area contributed by atoms with E-state index in [0.29, 0.717) is 17.1 Å². The van der Waals surface area contributed by atoms with Gasteiger partial charge in [0.25, 0.3) is 0 Å². The average molecular weight is 244 g/mol. The summed E-state index contributed by atoms with van der Waals surface area (Å²) in [6, 6.07) is 11.0. The fraction of sp³-hybridized carbons (Fsp3) is 0.143. The van der Waals surface area contributed by atoms with Crippen LogP contribution < -0.4 is 20.9 Å². The van der Waals surface area contributed by atoms with E-state index in [-0.39, 0.29) is 0 Å². The highest BCUT2D eigenvalue weighted by Crippen LogP contribution is 2.37. The van der Waals surface area contributed by atoms with Crippen molar-refractivity contribution in [3.63, 3.8) is 0 Å². The van der Waals surface area contributed by atoms with Crippen molar-refractivity contribution >= 4 is 11.4 Å². The van der Waals surface area contributed by atoms with Gasteiger partial charge in [-0.1, -0.05) is 0 Å². The van der Waals surface area contributed by atoms with Gasteiger partial charge in [0.05, 0.1) is 14.2 Å². The summed E-state index contributed by atoms with van der Waals surface area (Å²) in [5.74, 6) is 1.43. The Hall–Kier alpha value is -2.36. The number of nitrogens with two attached hydrogens (primary N) is 2. The quantitative estimate of drug-likeness (QED) is 0.814. The minimum Gasteiger partial charge on any atom is -0.497 e. The van der Waals surface area contributed by atoms with Crippen LogP contribution in [-0.2, 0) is 0 Å². The monoisotopic (exact) mass is 244 g/mol. The zero-order chi connectivity index (χ0) is 13.1. The zero-order valence-corrected chi connectivity index (χ0v) is 10.4. The van der Waals surface area contributed by atoms with Crippen molar-refractivity contribution in [2.24, 2.45) is 0 Å². The molecule has 0 aliphatic heterocycles. The van der Waals surface area contributed by atoms with Crippen molar-refractivity contribution in [3.05, 3.63) is 36.4 Å². The lowest BCUT2D eigenvalue weighted by atomic mass is 10.0. The van der Waals surface area contributed by atoms with Gasteiger partial charge < -0.3 is 20.9 Å². The van der Waals surface area contributed by atoms with Crippen LogP contribution in [0.25, 0.3) is 11.1 Å². The largest absolute Gasteiger partial charge is 0.497 e. The Morgan fingerprint density at radius 2 is 1.61 bits per heavy atom. The Morgan fingerprint density at radius 3 is 2.28 bits per heavy atom. The molecule has 0 amide bonds. The molecule has 0 bridgehead atoms. The van der Waals surface area contributed by atoms with E-state index < -0.39 is 0 Å². The first kappa shape index (κ1) is 12.1. The van der Waals surface area contributed by atoms with E-state index in [0.717, 1.165) is 16.9 Å². The molecule has 4 heteroatoms. The first-order valence-electron chi connectivity index (χ1n) is 5.53. The second-order valence-corrected chi connectivity index (χ2v) is 3.91. The third-order valence-corrected chi connectivity index (χ3v) is 2.78. The molecule has 0 aliphatic carbocycles. The Kier molecular flexibility index (Phi) is 3.28. The Bertz CT molecular complexity index is 568. The molecular formula is C14H16N2O2. The van der Waals surface area contributed by atoms with Crippen LogP contribution in [0.2, 0.25) is 0 Å². The van der Waals surface area contributed by atoms with Crippen molar-refractivity contribution in [3.8, 4) is 22.6 Å². The molecule has 2 aromatic rings. The van der Waals surface area contributed by atoms with Gasteiger partial charge in [0.1, 0.15) is 11.5 Å². The maximum absolute atomic E-state index is 5.97. The smallest absolute Gasteiger partial charge is 0.130 e. The number of hydrogen-bond acceptors (Lipinski definition) is 4. The van der Waals surface area contributed by atoms with Crippen molar-refractivity contribution in [1.29, 1.82) is 0 Å². The van der Waals surface area contributed by atoms with E-state index >= 15 is 0 Å². The van der Waals surface area contributed by atoms with Crippen LogP contribution in [-0.4, -0.2) is 14.2 Å². The highest BCUT2D eigenvalue weighted by Gasteiger charge is 2.10. The third-order valence-electron chi connectivity index (χ3n) is 2.78. The Morgan fingerprint density at radius 1 is 0.833 bits per heavy atom. The molecule has 0 saturated heterocycles. The Labute approximate surface area is 106 Å². The van der Waals surface area contributed by atoms with Crippen LogP contribution in [0.3, 0.4) is 0 Å². The maximum Gasteiger partial charge on any atom is 0.130 e. The van der Waals surface area contributed by atoms with Gasteiger partial charge in [-0.2, -0.15) is 0 Å². The second-order valence-electron chi connectivity index (χ2n) is 3.91. The summed E-state index contributed by atoms with van der Waals surface area (Å²) >= 11 is 0. The molecule has 0 fully saturated rings. The predicted octanol–water partition coefficient (Wildman–Crippen LogP) is 2.54. The number of hydrogen-bond donors (Lipinski definition) is 2. The van der Waals surface area contributed by atoms with Gasteiger partial charge in [0.15, 0.2) is 0 Å².